The van der Waals surface area contributed by atoms with Crippen LogP contribution < -0.4 is 0 Å². The zero-order valence-electron chi connectivity index (χ0n) is 13.9. The van der Waals surface area contributed by atoms with Crippen molar-refractivity contribution in [3.8, 4) is 11.1 Å². The third kappa shape index (κ3) is 2.78. The zero-order valence-corrected chi connectivity index (χ0v) is 13.9. The fraction of sp³-hybridized carbons (Fsp3) is 0.381. The largest absolute Gasteiger partial charge is 0.481 e. The van der Waals surface area contributed by atoms with Crippen molar-refractivity contribution in [3.63, 3.8) is 0 Å². The van der Waals surface area contributed by atoms with Gasteiger partial charge >= 0.3 is 5.97 Å². The van der Waals surface area contributed by atoms with Gasteiger partial charge in [-0.2, -0.15) is 0 Å². The third-order valence-electron chi connectivity index (χ3n) is 5.18. The molecular weight excluding hydrogens is 284 g/mol. The highest BCUT2D eigenvalue weighted by Gasteiger charge is 2.43. The molecule has 0 heterocycles. The van der Waals surface area contributed by atoms with Crippen LogP contribution in [0.15, 0.2) is 48.5 Å². The van der Waals surface area contributed by atoms with Crippen LogP contribution in [0.2, 0.25) is 0 Å². The number of rotatable bonds is 4. The Morgan fingerprint density at radius 3 is 2.26 bits per heavy atom. The van der Waals surface area contributed by atoms with E-state index < -0.39 is 11.4 Å². The average molecular weight is 308 g/mol. The zero-order chi connectivity index (χ0) is 16.4. The van der Waals surface area contributed by atoms with Gasteiger partial charge < -0.3 is 5.11 Å². The lowest BCUT2D eigenvalue weighted by Gasteiger charge is -2.26. The maximum absolute atomic E-state index is 12.0. The molecule has 2 heteroatoms. The van der Waals surface area contributed by atoms with Crippen LogP contribution >= 0.6 is 0 Å². The van der Waals surface area contributed by atoms with Crippen molar-refractivity contribution in [1.29, 1.82) is 0 Å². The molecule has 0 unspecified atom stereocenters. The molecule has 0 saturated heterocycles. The lowest BCUT2D eigenvalue weighted by atomic mass is 9.77. The highest BCUT2D eigenvalue weighted by molar-refractivity contribution is 5.83. The van der Waals surface area contributed by atoms with E-state index >= 15 is 0 Å². The van der Waals surface area contributed by atoms with Gasteiger partial charge in [-0.25, -0.2) is 0 Å². The summed E-state index contributed by atoms with van der Waals surface area (Å²) in [5.41, 5.74) is 3.88. The van der Waals surface area contributed by atoms with Gasteiger partial charge in [0.15, 0.2) is 0 Å². The summed E-state index contributed by atoms with van der Waals surface area (Å²) in [5.74, 6) is -0.269. The van der Waals surface area contributed by atoms with Crippen molar-refractivity contribution in [1.82, 2.24) is 0 Å². The quantitative estimate of drug-likeness (QED) is 0.824. The Balaban J connectivity index is 2.16. The minimum atomic E-state index is -0.695. The lowest BCUT2D eigenvalue weighted by molar-refractivity contribution is -0.143. The smallest absolute Gasteiger partial charge is 0.314 e. The van der Waals surface area contributed by atoms with E-state index in [1.807, 2.05) is 24.3 Å². The normalized spacial score (nSPS) is 16.7. The molecule has 2 nitrogen and oxygen atoms in total. The van der Waals surface area contributed by atoms with E-state index in [0.29, 0.717) is 5.92 Å². The van der Waals surface area contributed by atoms with Gasteiger partial charge in [0.25, 0.3) is 0 Å². The predicted molar refractivity (Wildman–Crippen MR) is 93.7 cm³/mol. The second-order valence-corrected chi connectivity index (χ2v) is 6.92. The maximum atomic E-state index is 12.0. The molecule has 1 aliphatic carbocycles. The van der Waals surface area contributed by atoms with Crippen LogP contribution in [-0.4, -0.2) is 11.1 Å². The van der Waals surface area contributed by atoms with Crippen LogP contribution in [0, 0.1) is 0 Å². The summed E-state index contributed by atoms with van der Waals surface area (Å²) in [6, 6.07) is 16.6. The molecule has 2 aromatic carbocycles. The summed E-state index contributed by atoms with van der Waals surface area (Å²) < 4.78 is 0. The van der Waals surface area contributed by atoms with Crippen molar-refractivity contribution >= 4 is 5.97 Å². The van der Waals surface area contributed by atoms with Gasteiger partial charge in [-0.3, -0.25) is 4.79 Å². The molecule has 1 saturated carbocycles. The number of benzene rings is 2. The van der Waals surface area contributed by atoms with E-state index in [0.717, 1.165) is 36.8 Å². The fourth-order valence-corrected chi connectivity index (χ4v) is 3.83. The van der Waals surface area contributed by atoms with Crippen LogP contribution in [0.5, 0.6) is 0 Å². The Morgan fingerprint density at radius 1 is 1.04 bits per heavy atom. The maximum Gasteiger partial charge on any atom is 0.314 e. The van der Waals surface area contributed by atoms with E-state index in [1.165, 1.54) is 11.1 Å². The van der Waals surface area contributed by atoms with Crippen molar-refractivity contribution in [3.05, 3.63) is 59.7 Å². The van der Waals surface area contributed by atoms with Gasteiger partial charge in [0.05, 0.1) is 5.41 Å². The van der Waals surface area contributed by atoms with E-state index in [1.54, 1.807) is 0 Å². The molecule has 3 rings (SSSR count). The average Bonchev–Trinajstić information content (AvgIpc) is 3.06. The first-order valence-electron chi connectivity index (χ1n) is 8.48. The van der Waals surface area contributed by atoms with Gasteiger partial charge in [0.1, 0.15) is 0 Å². The standard InChI is InChI=1S/C21H24O2/c1-15(2)18-11-10-17(21(20(22)23)12-6-7-13-21)14-19(18)16-8-4-3-5-9-16/h3-5,8-11,14-15H,6-7,12-13H2,1-2H3,(H,22,23). The van der Waals surface area contributed by atoms with Crippen molar-refractivity contribution < 1.29 is 9.90 Å². The molecule has 2 aromatic rings. The lowest BCUT2D eigenvalue weighted by Crippen LogP contribution is -2.32. The van der Waals surface area contributed by atoms with Gasteiger partial charge in [-0.15, -0.1) is 0 Å². The van der Waals surface area contributed by atoms with Crippen LogP contribution in [-0.2, 0) is 10.2 Å². The summed E-state index contributed by atoms with van der Waals surface area (Å²) in [6.07, 6.45) is 3.49. The second kappa shape index (κ2) is 6.19. The van der Waals surface area contributed by atoms with Gasteiger partial charge in [-0.1, -0.05) is 69.2 Å². The Kier molecular flexibility index (Phi) is 4.25. The highest BCUT2D eigenvalue weighted by Crippen LogP contribution is 2.43. The van der Waals surface area contributed by atoms with Gasteiger partial charge in [-0.05, 0) is 47.1 Å². The number of aliphatic carboxylic acids is 1. The number of hydrogen-bond donors (Lipinski definition) is 1. The summed E-state index contributed by atoms with van der Waals surface area (Å²) in [4.78, 5) is 12.0. The first-order chi connectivity index (χ1) is 11.0. The summed E-state index contributed by atoms with van der Waals surface area (Å²) in [7, 11) is 0. The van der Waals surface area contributed by atoms with Crippen molar-refractivity contribution in [2.75, 3.05) is 0 Å². The molecule has 1 aliphatic rings. The van der Waals surface area contributed by atoms with E-state index in [9.17, 15) is 9.90 Å². The van der Waals surface area contributed by atoms with Crippen LogP contribution in [0.4, 0.5) is 0 Å². The first-order valence-corrected chi connectivity index (χ1v) is 8.48. The monoisotopic (exact) mass is 308 g/mol. The van der Waals surface area contributed by atoms with E-state index in [-0.39, 0.29) is 0 Å². The Labute approximate surface area is 138 Å². The van der Waals surface area contributed by atoms with E-state index in [2.05, 4.69) is 38.1 Å². The number of carbonyl (C=O) groups is 1. The molecule has 1 fully saturated rings. The van der Waals surface area contributed by atoms with Crippen LogP contribution in [0.3, 0.4) is 0 Å². The Hall–Kier alpha value is -2.09. The van der Waals surface area contributed by atoms with E-state index in [4.69, 9.17) is 0 Å². The minimum Gasteiger partial charge on any atom is -0.481 e. The molecule has 1 N–H and O–H groups in total. The van der Waals surface area contributed by atoms with Crippen LogP contribution in [0.25, 0.3) is 11.1 Å². The van der Waals surface area contributed by atoms with Crippen molar-refractivity contribution in [2.24, 2.45) is 0 Å². The molecule has 23 heavy (non-hydrogen) atoms. The van der Waals surface area contributed by atoms with Crippen molar-refractivity contribution in [2.45, 2.75) is 50.9 Å². The molecule has 0 bridgehead atoms. The number of carboxylic acids is 1. The Morgan fingerprint density at radius 2 is 1.70 bits per heavy atom. The molecular formula is C21H24O2. The molecule has 0 atom stereocenters. The fourth-order valence-electron chi connectivity index (χ4n) is 3.83. The van der Waals surface area contributed by atoms with Gasteiger partial charge in [0.2, 0.25) is 0 Å². The summed E-state index contributed by atoms with van der Waals surface area (Å²) >= 11 is 0. The summed E-state index contributed by atoms with van der Waals surface area (Å²) in [6.45, 7) is 4.37. The Bertz CT molecular complexity index is 695. The molecule has 0 aliphatic heterocycles. The SMILES string of the molecule is CC(C)c1ccc(C2(C(=O)O)CCCC2)cc1-c1ccccc1. The predicted octanol–water partition coefficient (Wildman–Crippen LogP) is 5.37. The highest BCUT2D eigenvalue weighted by atomic mass is 16.4. The molecule has 120 valence electrons. The molecule has 0 aromatic heterocycles. The number of hydrogen-bond acceptors (Lipinski definition) is 1. The minimum absolute atomic E-state index is 0.406. The third-order valence-corrected chi connectivity index (χ3v) is 5.18. The van der Waals surface area contributed by atoms with Crippen LogP contribution in [0.1, 0.15) is 56.6 Å². The first kappa shape index (κ1) is 15.8. The topological polar surface area (TPSA) is 37.3 Å². The molecule has 0 amide bonds. The summed E-state index contributed by atoms with van der Waals surface area (Å²) in [5, 5.41) is 9.86. The number of carboxylic acid groups (broad SMARTS) is 1. The van der Waals surface area contributed by atoms with Gasteiger partial charge in [0, 0.05) is 0 Å². The second-order valence-electron chi connectivity index (χ2n) is 6.92. The molecule has 0 spiro atoms. The molecule has 0 radical (unpaired) electrons.